The van der Waals surface area contributed by atoms with Gasteiger partial charge in [0.2, 0.25) is 17.6 Å². The minimum atomic E-state index is -0.120. The SMILES string of the molecule is CCCNC(=O)CCc1nc(-c2ccc(C)n(CCC)c2=O)no1. The largest absolute Gasteiger partial charge is 0.356 e. The van der Waals surface area contributed by atoms with Crippen molar-refractivity contribution in [3.05, 3.63) is 34.1 Å². The van der Waals surface area contributed by atoms with Crippen molar-refractivity contribution in [2.45, 2.75) is 53.0 Å². The van der Waals surface area contributed by atoms with Crippen molar-refractivity contribution in [2.75, 3.05) is 6.54 Å². The van der Waals surface area contributed by atoms with Crippen LogP contribution in [0.15, 0.2) is 21.5 Å². The van der Waals surface area contributed by atoms with Crippen molar-refractivity contribution in [3.63, 3.8) is 0 Å². The van der Waals surface area contributed by atoms with Crippen LogP contribution in [0.5, 0.6) is 0 Å². The molecule has 130 valence electrons. The molecule has 2 rings (SSSR count). The van der Waals surface area contributed by atoms with Gasteiger partial charge in [0.1, 0.15) is 0 Å². The summed E-state index contributed by atoms with van der Waals surface area (Å²) >= 11 is 0. The van der Waals surface area contributed by atoms with Crippen molar-refractivity contribution in [3.8, 4) is 11.4 Å². The molecule has 0 bridgehead atoms. The lowest BCUT2D eigenvalue weighted by Crippen LogP contribution is -2.24. The molecule has 0 radical (unpaired) electrons. The zero-order chi connectivity index (χ0) is 17.5. The summed E-state index contributed by atoms with van der Waals surface area (Å²) < 4.78 is 6.88. The number of aromatic nitrogens is 3. The van der Waals surface area contributed by atoms with Crippen molar-refractivity contribution < 1.29 is 9.32 Å². The molecule has 0 aliphatic carbocycles. The fourth-order valence-electron chi connectivity index (χ4n) is 2.38. The number of rotatable bonds is 8. The van der Waals surface area contributed by atoms with Crippen LogP contribution in [-0.4, -0.2) is 27.2 Å². The van der Waals surface area contributed by atoms with Crippen LogP contribution in [0.3, 0.4) is 0 Å². The minimum absolute atomic E-state index is 0.0442. The van der Waals surface area contributed by atoms with E-state index in [4.69, 9.17) is 4.52 Å². The van der Waals surface area contributed by atoms with Crippen LogP contribution < -0.4 is 10.9 Å². The molecule has 1 N–H and O–H groups in total. The smallest absolute Gasteiger partial charge is 0.261 e. The number of pyridine rings is 1. The zero-order valence-corrected chi connectivity index (χ0v) is 14.5. The average molecular weight is 332 g/mol. The summed E-state index contributed by atoms with van der Waals surface area (Å²) in [5, 5.41) is 6.68. The first-order valence-electron chi connectivity index (χ1n) is 8.36. The van der Waals surface area contributed by atoms with Crippen molar-refractivity contribution >= 4 is 5.91 Å². The van der Waals surface area contributed by atoms with E-state index in [1.165, 1.54) is 0 Å². The third kappa shape index (κ3) is 4.31. The number of hydrogen-bond acceptors (Lipinski definition) is 5. The van der Waals surface area contributed by atoms with Crippen LogP contribution in [-0.2, 0) is 17.8 Å². The minimum Gasteiger partial charge on any atom is -0.356 e. The van der Waals surface area contributed by atoms with E-state index in [-0.39, 0.29) is 23.7 Å². The molecular weight excluding hydrogens is 308 g/mol. The highest BCUT2D eigenvalue weighted by Crippen LogP contribution is 2.13. The molecular formula is C17H24N4O3. The lowest BCUT2D eigenvalue weighted by molar-refractivity contribution is -0.121. The molecule has 0 aromatic carbocycles. The molecule has 1 amide bonds. The molecule has 0 saturated heterocycles. The maximum atomic E-state index is 12.6. The number of carbonyl (C=O) groups excluding carboxylic acids is 1. The number of nitrogens with one attached hydrogen (secondary N) is 1. The van der Waals surface area contributed by atoms with Crippen LogP contribution in [0.4, 0.5) is 0 Å². The Kier molecular flexibility index (Phi) is 6.28. The van der Waals surface area contributed by atoms with E-state index in [1.54, 1.807) is 10.6 Å². The summed E-state index contributed by atoms with van der Waals surface area (Å²) in [4.78, 5) is 28.4. The Balaban J connectivity index is 2.12. The Morgan fingerprint density at radius 1 is 1.29 bits per heavy atom. The highest BCUT2D eigenvalue weighted by Gasteiger charge is 2.15. The third-order valence-corrected chi connectivity index (χ3v) is 3.69. The van der Waals surface area contributed by atoms with Crippen LogP contribution in [0.2, 0.25) is 0 Å². The molecule has 24 heavy (non-hydrogen) atoms. The first-order valence-corrected chi connectivity index (χ1v) is 8.36. The lowest BCUT2D eigenvalue weighted by Gasteiger charge is -2.09. The van der Waals surface area contributed by atoms with Gasteiger partial charge in [-0.25, -0.2) is 0 Å². The van der Waals surface area contributed by atoms with E-state index in [2.05, 4.69) is 15.5 Å². The molecule has 0 aliphatic rings. The number of amides is 1. The standard InChI is InChI=1S/C17H24N4O3/c1-4-10-18-14(22)8-9-15-19-16(20-24-15)13-7-6-12(3)21(11-5-2)17(13)23/h6-7H,4-5,8-11H2,1-3H3,(H,18,22). The van der Waals surface area contributed by atoms with Crippen LogP contribution in [0, 0.1) is 6.92 Å². The summed E-state index contributed by atoms with van der Waals surface area (Å²) in [7, 11) is 0. The second-order valence-electron chi connectivity index (χ2n) is 5.71. The summed E-state index contributed by atoms with van der Waals surface area (Å²) in [6.07, 6.45) is 2.41. The van der Waals surface area contributed by atoms with Gasteiger partial charge in [-0.05, 0) is 31.9 Å². The van der Waals surface area contributed by atoms with Crippen LogP contribution in [0.25, 0.3) is 11.4 Å². The highest BCUT2D eigenvalue weighted by atomic mass is 16.5. The van der Waals surface area contributed by atoms with Gasteiger partial charge < -0.3 is 14.4 Å². The lowest BCUT2D eigenvalue weighted by atomic mass is 10.2. The Morgan fingerprint density at radius 3 is 2.79 bits per heavy atom. The van der Waals surface area contributed by atoms with Gasteiger partial charge in [0.25, 0.3) is 5.56 Å². The number of nitrogens with zero attached hydrogens (tertiary/aromatic N) is 3. The van der Waals surface area contributed by atoms with E-state index in [0.717, 1.165) is 18.5 Å². The average Bonchev–Trinajstić information content (AvgIpc) is 3.03. The second kappa shape index (κ2) is 8.42. The van der Waals surface area contributed by atoms with E-state index >= 15 is 0 Å². The van der Waals surface area contributed by atoms with Gasteiger partial charge in [0.15, 0.2) is 0 Å². The molecule has 0 fully saturated rings. The fraction of sp³-hybridized carbons (Fsp3) is 0.529. The van der Waals surface area contributed by atoms with Gasteiger partial charge >= 0.3 is 0 Å². The molecule has 2 heterocycles. The molecule has 7 heteroatoms. The van der Waals surface area contributed by atoms with Gasteiger partial charge in [-0.15, -0.1) is 0 Å². The first-order chi connectivity index (χ1) is 11.6. The number of carbonyl (C=O) groups is 1. The normalized spacial score (nSPS) is 10.8. The van der Waals surface area contributed by atoms with Crippen LogP contribution in [0.1, 0.15) is 44.7 Å². The summed E-state index contributed by atoms with van der Waals surface area (Å²) in [5.74, 6) is 0.588. The Hall–Kier alpha value is -2.44. The molecule has 0 saturated carbocycles. The highest BCUT2D eigenvalue weighted by molar-refractivity contribution is 5.75. The quantitative estimate of drug-likeness (QED) is 0.799. The fourth-order valence-corrected chi connectivity index (χ4v) is 2.38. The van der Waals surface area contributed by atoms with Crippen molar-refractivity contribution in [1.82, 2.24) is 20.0 Å². The first kappa shape index (κ1) is 17.9. The van der Waals surface area contributed by atoms with Gasteiger partial charge in [0, 0.05) is 31.6 Å². The monoisotopic (exact) mass is 332 g/mol. The number of aryl methyl sites for hydroxylation is 2. The van der Waals surface area contributed by atoms with Gasteiger partial charge in [-0.3, -0.25) is 9.59 Å². The Morgan fingerprint density at radius 2 is 2.08 bits per heavy atom. The maximum absolute atomic E-state index is 12.6. The van der Waals surface area contributed by atoms with Gasteiger partial charge in [-0.2, -0.15) is 4.98 Å². The third-order valence-electron chi connectivity index (χ3n) is 3.69. The van der Waals surface area contributed by atoms with E-state index in [9.17, 15) is 9.59 Å². The van der Waals surface area contributed by atoms with E-state index < -0.39 is 0 Å². The Labute approximate surface area is 141 Å². The van der Waals surface area contributed by atoms with Crippen LogP contribution >= 0.6 is 0 Å². The predicted molar refractivity (Wildman–Crippen MR) is 90.6 cm³/mol. The second-order valence-corrected chi connectivity index (χ2v) is 5.71. The van der Waals surface area contributed by atoms with E-state index in [0.29, 0.717) is 31.0 Å². The topological polar surface area (TPSA) is 90.0 Å². The Bertz CT molecular complexity index is 749. The van der Waals surface area contributed by atoms with E-state index in [1.807, 2.05) is 26.8 Å². The molecule has 0 spiro atoms. The molecule has 0 atom stereocenters. The molecule has 2 aromatic rings. The zero-order valence-electron chi connectivity index (χ0n) is 14.5. The molecule has 0 unspecified atom stereocenters. The van der Waals surface area contributed by atoms with Crippen molar-refractivity contribution in [1.29, 1.82) is 0 Å². The summed E-state index contributed by atoms with van der Waals surface area (Å²) in [6.45, 7) is 7.23. The molecule has 7 nitrogen and oxygen atoms in total. The van der Waals surface area contributed by atoms with Crippen molar-refractivity contribution in [2.24, 2.45) is 0 Å². The van der Waals surface area contributed by atoms with Gasteiger partial charge in [-0.1, -0.05) is 19.0 Å². The van der Waals surface area contributed by atoms with Gasteiger partial charge in [0.05, 0.1) is 5.56 Å². The number of hydrogen-bond donors (Lipinski definition) is 1. The molecule has 2 aromatic heterocycles. The predicted octanol–water partition coefficient (Wildman–Crippen LogP) is 2.08. The summed E-state index contributed by atoms with van der Waals surface area (Å²) in [5.41, 5.74) is 1.20. The summed E-state index contributed by atoms with van der Waals surface area (Å²) in [6, 6.07) is 3.59. The molecule has 0 aliphatic heterocycles. The maximum Gasteiger partial charge on any atom is 0.261 e.